The molecule has 3 unspecified atom stereocenters. The second-order valence-corrected chi connectivity index (χ2v) is 6.53. The summed E-state index contributed by atoms with van der Waals surface area (Å²) in [6.45, 7) is 11.4. The molecular formula is C16H26O. The van der Waals surface area contributed by atoms with Gasteiger partial charge in [-0.25, -0.2) is 0 Å². The molecule has 96 valence electrons. The second kappa shape index (κ2) is 4.61. The van der Waals surface area contributed by atoms with Gasteiger partial charge in [0.2, 0.25) is 0 Å². The van der Waals surface area contributed by atoms with Crippen molar-refractivity contribution in [3.05, 3.63) is 23.8 Å². The van der Waals surface area contributed by atoms with E-state index in [-0.39, 0.29) is 6.10 Å². The van der Waals surface area contributed by atoms with Crippen molar-refractivity contribution >= 4 is 0 Å². The second-order valence-electron chi connectivity index (χ2n) is 6.53. The van der Waals surface area contributed by atoms with E-state index >= 15 is 0 Å². The summed E-state index contributed by atoms with van der Waals surface area (Å²) in [5, 5.41) is 0. The fourth-order valence-electron chi connectivity index (χ4n) is 3.66. The van der Waals surface area contributed by atoms with E-state index in [1.807, 2.05) is 7.11 Å². The maximum atomic E-state index is 5.62. The molecule has 2 rings (SSSR count). The molecule has 2 aliphatic rings. The van der Waals surface area contributed by atoms with Gasteiger partial charge < -0.3 is 4.74 Å². The zero-order valence-corrected chi connectivity index (χ0v) is 11.8. The molecule has 0 aromatic heterocycles. The first-order valence-corrected chi connectivity index (χ1v) is 6.83. The molecule has 0 spiro atoms. The topological polar surface area (TPSA) is 9.23 Å². The van der Waals surface area contributed by atoms with Gasteiger partial charge in [-0.3, -0.25) is 0 Å². The summed E-state index contributed by atoms with van der Waals surface area (Å²) >= 11 is 0. The highest BCUT2D eigenvalue weighted by atomic mass is 16.5. The van der Waals surface area contributed by atoms with Crippen molar-refractivity contribution in [3.8, 4) is 0 Å². The Morgan fingerprint density at radius 1 is 1.41 bits per heavy atom. The summed E-state index contributed by atoms with van der Waals surface area (Å²) in [7, 11) is 1.82. The predicted octanol–water partition coefficient (Wildman–Crippen LogP) is 4.35. The van der Waals surface area contributed by atoms with Gasteiger partial charge in [-0.05, 0) is 55.4 Å². The fourth-order valence-corrected chi connectivity index (χ4v) is 3.66. The number of hydrogen-bond donors (Lipinski definition) is 0. The highest BCUT2D eigenvalue weighted by molar-refractivity contribution is 5.20. The van der Waals surface area contributed by atoms with Crippen molar-refractivity contribution in [2.45, 2.75) is 52.6 Å². The normalized spacial score (nSPS) is 37.1. The van der Waals surface area contributed by atoms with Crippen LogP contribution >= 0.6 is 0 Å². The summed E-state index contributed by atoms with van der Waals surface area (Å²) < 4.78 is 5.62. The van der Waals surface area contributed by atoms with E-state index in [0.29, 0.717) is 11.3 Å². The van der Waals surface area contributed by atoms with Crippen LogP contribution in [0.4, 0.5) is 0 Å². The summed E-state index contributed by atoms with van der Waals surface area (Å²) in [4.78, 5) is 0. The van der Waals surface area contributed by atoms with E-state index < -0.39 is 0 Å². The molecule has 3 atom stereocenters. The SMILES string of the molecule is C=C1C(OC)CC=C(C)CCC2C1CC2(C)C. The van der Waals surface area contributed by atoms with Crippen LogP contribution in [0.1, 0.15) is 46.5 Å². The van der Waals surface area contributed by atoms with Gasteiger partial charge in [0, 0.05) is 7.11 Å². The Morgan fingerprint density at radius 2 is 2.12 bits per heavy atom. The van der Waals surface area contributed by atoms with Crippen LogP contribution < -0.4 is 0 Å². The molecule has 1 nitrogen and oxygen atoms in total. The van der Waals surface area contributed by atoms with Crippen LogP contribution in [0.15, 0.2) is 23.8 Å². The lowest BCUT2D eigenvalue weighted by Gasteiger charge is -2.53. The van der Waals surface area contributed by atoms with Crippen LogP contribution in [-0.4, -0.2) is 13.2 Å². The Morgan fingerprint density at radius 3 is 2.71 bits per heavy atom. The number of rotatable bonds is 1. The molecule has 2 aliphatic carbocycles. The molecule has 0 N–H and O–H groups in total. The minimum atomic E-state index is 0.228. The highest BCUT2D eigenvalue weighted by Gasteiger charge is 2.48. The maximum Gasteiger partial charge on any atom is 0.0815 e. The third-order valence-corrected chi connectivity index (χ3v) is 4.94. The smallest absolute Gasteiger partial charge is 0.0815 e. The van der Waals surface area contributed by atoms with Gasteiger partial charge in [0.25, 0.3) is 0 Å². The lowest BCUT2D eigenvalue weighted by molar-refractivity contribution is -0.0107. The molecule has 17 heavy (non-hydrogen) atoms. The van der Waals surface area contributed by atoms with Crippen LogP contribution in [0.3, 0.4) is 0 Å². The van der Waals surface area contributed by atoms with Crippen molar-refractivity contribution < 1.29 is 4.74 Å². The molecule has 0 radical (unpaired) electrons. The summed E-state index contributed by atoms with van der Waals surface area (Å²) in [6, 6.07) is 0. The van der Waals surface area contributed by atoms with Crippen LogP contribution in [0.25, 0.3) is 0 Å². The lowest BCUT2D eigenvalue weighted by Crippen LogP contribution is -2.46. The third kappa shape index (κ3) is 2.35. The van der Waals surface area contributed by atoms with Gasteiger partial charge in [0.05, 0.1) is 6.10 Å². The zero-order chi connectivity index (χ0) is 12.6. The minimum Gasteiger partial charge on any atom is -0.377 e. The predicted molar refractivity (Wildman–Crippen MR) is 72.9 cm³/mol. The Labute approximate surface area is 106 Å². The van der Waals surface area contributed by atoms with Crippen molar-refractivity contribution in [1.82, 2.24) is 0 Å². The molecule has 1 heteroatoms. The molecule has 0 aromatic carbocycles. The number of fused-ring (bicyclic) bond motifs is 1. The summed E-state index contributed by atoms with van der Waals surface area (Å²) in [5.41, 5.74) is 3.35. The average Bonchev–Trinajstić information content (AvgIpc) is 2.30. The highest BCUT2D eigenvalue weighted by Crippen LogP contribution is 2.56. The fraction of sp³-hybridized carbons (Fsp3) is 0.750. The monoisotopic (exact) mass is 234 g/mol. The van der Waals surface area contributed by atoms with Gasteiger partial charge in [0.15, 0.2) is 0 Å². The first-order valence-electron chi connectivity index (χ1n) is 6.83. The van der Waals surface area contributed by atoms with Crippen LogP contribution in [-0.2, 0) is 4.74 Å². The summed E-state index contributed by atoms with van der Waals surface area (Å²) in [5.74, 6) is 1.49. The van der Waals surface area contributed by atoms with E-state index in [2.05, 4.69) is 33.4 Å². The first-order chi connectivity index (χ1) is 7.95. The molecule has 0 aromatic rings. The molecule has 0 saturated heterocycles. The van der Waals surface area contributed by atoms with Gasteiger partial charge in [-0.2, -0.15) is 0 Å². The number of methoxy groups -OCH3 is 1. The third-order valence-electron chi connectivity index (χ3n) is 4.94. The standard InChI is InChI=1S/C16H26O/c1-11-6-8-14-13(10-16(14,3)4)12(2)15(17-5)9-7-11/h7,13-15H,2,6,8-10H2,1,3-5H3. The Balaban J connectivity index is 2.20. The van der Waals surface area contributed by atoms with Gasteiger partial charge in [-0.15, -0.1) is 0 Å². The van der Waals surface area contributed by atoms with E-state index in [1.54, 1.807) is 0 Å². The molecule has 0 amide bonds. The minimum absolute atomic E-state index is 0.228. The van der Waals surface area contributed by atoms with Crippen LogP contribution in [0.5, 0.6) is 0 Å². The van der Waals surface area contributed by atoms with Crippen molar-refractivity contribution in [3.63, 3.8) is 0 Å². The molecule has 0 bridgehead atoms. The Bertz CT molecular complexity index is 337. The number of hydrogen-bond acceptors (Lipinski definition) is 1. The van der Waals surface area contributed by atoms with Crippen molar-refractivity contribution in [2.75, 3.05) is 7.11 Å². The van der Waals surface area contributed by atoms with E-state index in [0.717, 1.165) is 12.3 Å². The molecule has 0 heterocycles. The summed E-state index contributed by atoms with van der Waals surface area (Å²) in [6.07, 6.45) is 7.42. The van der Waals surface area contributed by atoms with E-state index in [9.17, 15) is 0 Å². The molecular weight excluding hydrogens is 208 g/mol. The molecule has 1 saturated carbocycles. The van der Waals surface area contributed by atoms with Gasteiger partial charge in [-0.1, -0.05) is 32.1 Å². The van der Waals surface area contributed by atoms with Gasteiger partial charge >= 0.3 is 0 Å². The zero-order valence-electron chi connectivity index (χ0n) is 11.8. The Kier molecular flexibility index (Phi) is 3.49. The largest absolute Gasteiger partial charge is 0.377 e. The van der Waals surface area contributed by atoms with E-state index in [1.165, 1.54) is 30.4 Å². The average molecular weight is 234 g/mol. The molecule has 1 fully saturated rings. The van der Waals surface area contributed by atoms with Crippen molar-refractivity contribution in [2.24, 2.45) is 17.3 Å². The van der Waals surface area contributed by atoms with Gasteiger partial charge in [0.1, 0.15) is 0 Å². The Hall–Kier alpha value is -0.560. The number of allylic oxidation sites excluding steroid dienone is 1. The molecule has 0 aliphatic heterocycles. The maximum absolute atomic E-state index is 5.62. The van der Waals surface area contributed by atoms with E-state index in [4.69, 9.17) is 4.74 Å². The quantitative estimate of drug-likeness (QED) is 0.613. The lowest BCUT2D eigenvalue weighted by atomic mass is 9.52. The number of ether oxygens (including phenoxy) is 1. The first kappa shape index (κ1) is 12.9. The van der Waals surface area contributed by atoms with Crippen molar-refractivity contribution in [1.29, 1.82) is 0 Å². The van der Waals surface area contributed by atoms with Crippen LogP contribution in [0.2, 0.25) is 0 Å². The van der Waals surface area contributed by atoms with Crippen LogP contribution in [0, 0.1) is 17.3 Å².